The van der Waals surface area contributed by atoms with Crippen LogP contribution >= 0.6 is 11.8 Å². The maximum Gasteiger partial charge on any atom is 0.337 e. The number of carbonyl (C=O) groups is 2. The summed E-state index contributed by atoms with van der Waals surface area (Å²) in [5.41, 5.74) is 0.965. The lowest BCUT2D eigenvalue weighted by atomic mass is 10.1. The van der Waals surface area contributed by atoms with Crippen LogP contribution < -0.4 is 0 Å². The Bertz CT molecular complexity index is 637. The summed E-state index contributed by atoms with van der Waals surface area (Å²) >= 11 is 1.24. The first-order chi connectivity index (χ1) is 10.5. The lowest BCUT2D eigenvalue weighted by molar-refractivity contribution is 0.0599. The number of esters is 2. The zero-order chi connectivity index (χ0) is 16.5. The SMILES string of the molecule is C/C=C\S/C(C#N)=C/c1cc(C(=O)OC)cc(C(=O)OC)c1. The van der Waals surface area contributed by atoms with Crippen molar-refractivity contribution < 1.29 is 19.1 Å². The van der Waals surface area contributed by atoms with Gasteiger partial charge in [0.05, 0.1) is 30.3 Å². The van der Waals surface area contributed by atoms with Crippen molar-refractivity contribution >= 4 is 29.8 Å². The predicted molar refractivity (Wildman–Crippen MR) is 85.1 cm³/mol. The number of rotatable bonds is 5. The second-order valence-electron chi connectivity index (χ2n) is 4.03. The molecule has 1 aromatic carbocycles. The van der Waals surface area contributed by atoms with Gasteiger partial charge in [-0.25, -0.2) is 9.59 Å². The van der Waals surface area contributed by atoms with Crippen molar-refractivity contribution in [3.63, 3.8) is 0 Å². The van der Waals surface area contributed by atoms with Crippen LogP contribution in [0, 0.1) is 11.3 Å². The van der Waals surface area contributed by atoms with Crippen LogP contribution in [0.1, 0.15) is 33.2 Å². The van der Waals surface area contributed by atoms with Crippen molar-refractivity contribution in [1.82, 2.24) is 0 Å². The lowest BCUT2D eigenvalue weighted by Crippen LogP contribution is -2.07. The maximum absolute atomic E-state index is 11.7. The Labute approximate surface area is 133 Å². The smallest absolute Gasteiger partial charge is 0.337 e. The number of allylic oxidation sites excluding steroid dienone is 2. The normalized spacial score (nSPS) is 11.1. The molecule has 0 saturated heterocycles. The fourth-order valence-corrected chi connectivity index (χ4v) is 2.13. The molecule has 22 heavy (non-hydrogen) atoms. The summed E-state index contributed by atoms with van der Waals surface area (Å²) in [5, 5.41) is 10.9. The van der Waals surface area contributed by atoms with Gasteiger partial charge < -0.3 is 9.47 Å². The molecular formula is C16H15NO4S. The van der Waals surface area contributed by atoms with E-state index in [-0.39, 0.29) is 11.1 Å². The molecule has 0 heterocycles. The molecule has 0 aliphatic rings. The Hall–Kier alpha value is -2.52. The number of hydrogen-bond acceptors (Lipinski definition) is 6. The number of carbonyl (C=O) groups excluding carboxylic acids is 2. The van der Waals surface area contributed by atoms with Gasteiger partial charge in [0.2, 0.25) is 0 Å². The van der Waals surface area contributed by atoms with E-state index in [4.69, 9.17) is 5.26 Å². The average Bonchev–Trinajstić information content (AvgIpc) is 2.56. The Kier molecular flexibility index (Phi) is 6.93. The molecule has 1 aromatic rings. The van der Waals surface area contributed by atoms with E-state index in [1.807, 2.05) is 6.92 Å². The molecule has 0 aromatic heterocycles. The molecule has 0 aliphatic heterocycles. The fraction of sp³-hybridized carbons (Fsp3) is 0.188. The van der Waals surface area contributed by atoms with Crippen molar-refractivity contribution in [2.45, 2.75) is 6.92 Å². The van der Waals surface area contributed by atoms with Crippen LogP contribution in [0.25, 0.3) is 6.08 Å². The molecule has 0 amide bonds. The third-order valence-electron chi connectivity index (χ3n) is 2.54. The van der Waals surface area contributed by atoms with E-state index in [1.165, 1.54) is 32.0 Å². The van der Waals surface area contributed by atoms with Gasteiger partial charge in [-0.2, -0.15) is 5.26 Å². The number of thioether (sulfide) groups is 1. The molecule has 0 aliphatic carbocycles. The zero-order valence-electron chi connectivity index (χ0n) is 12.5. The monoisotopic (exact) mass is 317 g/mol. The molecule has 1 rings (SSSR count). The third-order valence-corrected chi connectivity index (χ3v) is 3.41. The van der Waals surface area contributed by atoms with Gasteiger partial charge >= 0.3 is 11.9 Å². The molecule has 5 nitrogen and oxygen atoms in total. The van der Waals surface area contributed by atoms with Crippen molar-refractivity contribution in [3.8, 4) is 6.07 Å². The molecule has 6 heteroatoms. The van der Waals surface area contributed by atoms with E-state index >= 15 is 0 Å². The van der Waals surface area contributed by atoms with Crippen LogP contribution in [0.5, 0.6) is 0 Å². The van der Waals surface area contributed by atoms with Gasteiger partial charge in [0, 0.05) is 0 Å². The Morgan fingerprint density at radius 3 is 2.09 bits per heavy atom. The van der Waals surface area contributed by atoms with Gasteiger partial charge in [-0.1, -0.05) is 17.8 Å². The Balaban J connectivity index is 3.34. The Morgan fingerprint density at radius 2 is 1.68 bits per heavy atom. The second-order valence-corrected chi connectivity index (χ2v) is 4.98. The highest BCUT2D eigenvalue weighted by Crippen LogP contribution is 2.21. The summed E-state index contributed by atoms with van der Waals surface area (Å²) in [5.74, 6) is -1.14. The summed E-state index contributed by atoms with van der Waals surface area (Å²) in [7, 11) is 2.51. The van der Waals surface area contributed by atoms with E-state index in [2.05, 4.69) is 15.5 Å². The first-order valence-electron chi connectivity index (χ1n) is 6.27. The Morgan fingerprint density at radius 1 is 1.14 bits per heavy atom. The largest absolute Gasteiger partial charge is 0.465 e. The topological polar surface area (TPSA) is 76.4 Å². The minimum Gasteiger partial charge on any atom is -0.465 e. The molecule has 0 bridgehead atoms. The van der Waals surface area contributed by atoms with Crippen molar-refractivity contribution in [1.29, 1.82) is 5.26 Å². The molecule has 0 atom stereocenters. The minimum atomic E-state index is -0.569. The summed E-state index contributed by atoms with van der Waals surface area (Å²) in [6.45, 7) is 1.84. The number of benzene rings is 1. The van der Waals surface area contributed by atoms with E-state index < -0.39 is 11.9 Å². The highest BCUT2D eigenvalue weighted by molar-refractivity contribution is 8.06. The van der Waals surface area contributed by atoms with E-state index in [0.29, 0.717) is 10.5 Å². The van der Waals surface area contributed by atoms with Crippen LogP contribution in [0.4, 0.5) is 0 Å². The van der Waals surface area contributed by atoms with Crippen LogP contribution in [0.15, 0.2) is 34.6 Å². The van der Waals surface area contributed by atoms with Gasteiger partial charge in [0.15, 0.2) is 0 Å². The van der Waals surface area contributed by atoms with Crippen molar-refractivity contribution in [2.24, 2.45) is 0 Å². The molecule has 0 unspecified atom stereocenters. The summed E-state index contributed by atoms with van der Waals surface area (Å²) in [6.07, 6.45) is 3.39. The highest BCUT2D eigenvalue weighted by atomic mass is 32.2. The first kappa shape index (κ1) is 17.5. The number of methoxy groups -OCH3 is 2. The van der Waals surface area contributed by atoms with Gasteiger partial charge in [0.1, 0.15) is 6.07 Å². The molecule has 0 saturated carbocycles. The standard InChI is InChI=1S/C16H15NO4S/c1-4-5-22-14(10-17)8-11-6-12(15(18)20-2)9-13(7-11)16(19)21-3/h4-9H,1-3H3/b5-4-,14-8+. The first-order valence-corrected chi connectivity index (χ1v) is 7.15. The summed E-state index contributed by atoms with van der Waals surface area (Å²) in [6, 6.07) is 6.54. The molecule has 0 N–H and O–H groups in total. The molecular weight excluding hydrogens is 302 g/mol. The van der Waals surface area contributed by atoms with Crippen LogP contribution in [0.2, 0.25) is 0 Å². The molecule has 0 fully saturated rings. The number of nitriles is 1. The zero-order valence-corrected chi connectivity index (χ0v) is 13.3. The lowest BCUT2D eigenvalue weighted by Gasteiger charge is -2.06. The molecule has 114 valence electrons. The summed E-state index contributed by atoms with van der Waals surface area (Å²) in [4.78, 5) is 23.8. The third kappa shape index (κ3) is 4.79. The highest BCUT2D eigenvalue weighted by Gasteiger charge is 2.13. The maximum atomic E-state index is 11.7. The molecule has 0 spiro atoms. The van der Waals surface area contributed by atoms with Crippen molar-refractivity contribution in [3.05, 3.63) is 51.3 Å². The van der Waals surface area contributed by atoms with Crippen molar-refractivity contribution in [2.75, 3.05) is 14.2 Å². The van der Waals surface area contributed by atoms with E-state index in [1.54, 1.807) is 29.7 Å². The predicted octanol–water partition coefficient (Wildman–Crippen LogP) is 3.39. The van der Waals surface area contributed by atoms with E-state index in [0.717, 1.165) is 0 Å². The van der Waals surface area contributed by atoms with Gasteiger partial charge in [-0.15, -0.1) is 0 Å². The van der Waals surface area contributed by atoms with Gasteiger partial charge in [-0.3, -0.25) is 0 Å². The second kappa shape index (κ2) is 8.70. The number of nitrogens with zero attached hydrogens (tertiary/aromatic N) is 1. The molecule has 0 radical (unpaired) electrons. The van der Waals surface area contributed by atoms with Gasteiger partial charge in [0.25, 0.3) is 0 Å². The van der Waals surface area contributed by atoms with Crippen LogP contribution in [-0.2, 0) is 9.47 Å². The minimum absolute atomic E-state index is 0.213. The number of hydrogen-bond donors (Lipinski definition) is 0. The van der Waals surface area contributed by atoms with Crippen LogP contribution in [-0.4, -0.2) is 26.2 Å². The van der Waals surface area contributed by atoms with Crippen LogP contribution in [0.3, 0.4) is 0 Å². The fourth-order valence-electron chi connectivity index (χ4n) is 1.59. The quantitative estimate of drug-likeness (QED) is 0.612. The van der Waals surface area contributed by atoms with E-state index in [9.17, 15) is 9.59 Å². The van der Waals surface area contributed by atoms with Gasteiger partial charge in [-0.05, 0) is 42.2 Å². The average molecular weight is 317 g/mol. The number of ether oxygens (including phenoxy) is 2. The summed E-state index contributed by atoms with van der Waals surface area (Å²) < 4.78 is 9.33.